The molecule has 0 radical (unpaired) electrons. The second-order valence-corrected chi connectivity index (χ2v) is 8.26. The summed E-state index contributed by atoms with van der Waals surface area (Å²) in [4.78, 5) is 31.3. The minimum absolute atomic E-state index is 0.0601. The van der Waals surface area contributed by atoms with E-state index in [0.29, 0.717) is 34.9 Å². The monoisotopic (exact) mass is 416 g/mol. The Bertz CT molecular complexity index is 803. The Labute approximate surface area is 175 Å². The van der Waals surface area contributed by atoms with E-state index in [9.17, 15) is 9.59 Å². The maximum atomic E-state index is 12.4. The third kappa shape index (κ3) is 6.35. The molecule has 2 amide bonds. The van der Waals surface area contributed by atoms with Crippen molar-refractivity contribution in [1.29, 1.82) is 0 Å². The maximum Gasteiger partial charge on any atom is 0.257 e. The SMILES string of the molecule is CC(C)C(CNC(=O)Cc1csc(NC(=O)c2ccccc2)n1)N1CCOCC1. The quantitative estimate of drug-likeness (QED) is 0.691. The first kappa shape index (κ1) is 21.4. The fraction of sp³-hybridized carbons (Fsp3) is 0.476. The zero-order valence-corrected chi connectivity index (χ0v) is 17.7. The van der Waals surface area contributed by atoms with Gasteiger partial charge in [-0.2, -0.15) is 0 Å². The lowest BCUT2D eigenvalue weighted by Gasteiger charge is -2.36. The van der Waals surface area contributed by atoms with Crippen LogP contribution in [0, 0.1) is 5.92 Å². The van der Waals surface area contributed by atoms with Crippen LogP contribution in [0.15, 0.2) is 35.7 Å². The minimum atomic E-state index is -0.207. The summed E-state index contributed by atoms with van der Waals surface area (Å²) >= 11 is 1.32. The molecule has 2 heterocycles. The van der Waals surface area contributed by atoms with Crippen LogP contribution in [0.3, 0.4) is 0 Å². The lowest BCUT2D eigenvalue weighted by Crippen LogP contribution is -2.51. The molecule has 2 N–H and O–H groups in total. The van der Waals surface area contributed by atoms with Crippen LogP contribution in [0.25, 0.3) is 0 Å². The average Bonchev–Trinajstić information content (AvgIpc) is 3.16. The highest BCUT2D eigenvalue weighted by atomic mass is 32.1. The molecule has 8 heteroatoms. The Hall–Kier alpha value is -2.29. The molecular weight excluding hydrogens is 388 g/mol. The number of anilines is 1. The Morgan fingerprint density at radius 2 is 1.93 bits per heavy atom. The highest BCUT2D eigenvalue weighted by Gasteiger charge is 2.24. The standard InChI is InChI=1S/C21H28N4O3S/c1-15(2)18(25-8-10-28-11-9-25)13-22-19(26)12-17-14-29-21(23-17)24-20(27)16-6-4-3-5-7-16/h3-7,14-15,18H,8-13H2,1-2H3,(H,22,26)(H,23,24,27). The van der Waals surface area contributed by atoms with Gasteiger partial charge in [0.25, 0.3) is 5.91 Å². The number of hydrogen-bond acceptors (Lipinski definition) is 6. The number of benzene rings is 1. The average molecular weight is 417 g/mol. The van der Waals surface area contributed by atoms with Crippen molar-refractivity contribution < 1.29 is 14.3 Å². The lowest BCUT2D eigenvalue weighted by atomic mass is 10.0. The third-order valence-corrected chi connectivity index (χ3v) is 5.75. The molecule has 1 unspecified atom stereocenters. The fourth-order valence-corrected chi connectivity index (χ4v) is 4.05. The molecule has 0 aliphatic carbocycles. The van der Waals surface area contributed by atoms with Gasteiger partial charge in [0.05, 0.1) is 25.3 Å². The summed E-state index contributed by atoms with van der Waals surface area (Å²) in [7, 11) is 0. The van der Waals surface area contributed by atoms with Gasteiger partial charge in [-0.3, -0.25) is 19.8 Å². The number of nitrogens with zero attached hydrogens (tertiary/aromatic N) is 2. The van der Waals surface area contributed by atoms with E-state index in [1.165, 1.54) is 11.3 Å². The Morgan fingerprint density at radius 1 is 1.21 bits per heavy atom. The lowest BCUT2D eigenvalue weighted by molar-refractivity contribution is -0.120. The van der Waals surface area contributed by atoms with Gasteiger partial charge >= 0.3 is 0 Å². The van der Waals surface area contributed by atoms with Crippen LogP contribution in [0.5, 0.6) is 0 Å². The number of carbonyl (C=O) groups is 2. The normalized spacial score (nSPS) is 15.8. The number of morpholine rings is 1. The number of carbonyl (C=O) groups excluding carboxylic acids is 2. The Kier molecular flexibility index (Phi) is 7.74. The molecule has 1 fully saturated rings. The molecule has 1 aliphatic rings. The van der Waals surface area contributed by atoms with Gasteiger partial charge in [0, 0.05) is 36.6 Å². The van der Waals surface area contributed by atoms with Gasteiger partial charge in [0.1, 0.15) is 0 Å². The molecule has 7 nitrogen and oxygen atoms in total. The summed E-state index contributed by atoms with van der Waals surface area (Å²) in [6.45, 7) is 8.24. The van der Waals surface area contributed by atoms with Crippen molar-refractivity contribution >= 4 is 28.3 Å². The van der Waals surface area contributed by atoms with Crippen LogP contribution in [0.4, 0.5) is 5.13 Å². The zero-order chi connectivity index (χ0) is 20.6. The van der Waals surface area contributed by atoms with Crippen molar-refractivity contribution in [3.8, 4) is 0 Å². The Morgan fingerprint density at radius 3 is 2.62 bits per heavy atom. The fourth-order valence-electron chi connectivity index (χ4n) is 3.35. The molecule has 156 valence electrons. The van der Waals surface area contributed by atoms with Crippen molar-refractivity contribution in [3.05, 3.63) is 47.0 Å². The van der Waals surface area contributed by atoms with E-state index in [2.05, 4.69) is 34.4 Å². The van der Waals surface area contributed by atoms with Crippen LogP contribution in [0.1, 0.15) is 29.9 Å². The number of thiazole rings is 1. The first-order valence-corrected chi connectivity index (χ1v) is 10.8. The van der Waals surface area contributed by atoms with Gasteiger partial charge in [0.2, 0.25) is 5.91 Å². The first-order valence-electron chi connectivity index (χ1n) is 9.92. The van der Waals surface area contributed by atoms with Gasteiger partial charge in [0.15, 0.2) is 5.13 Å². The molecule has 1 aromatic heterocycles. The number of hydrogen-bond donors (Lipinski definition) is 2. The van der Waals surface area contributed by atoms with Crippen LogP contribution < -0.4 is 10.6 Å². The predicted molar refractivity (Wildman–Crippen MR) is 114 cm³/mol. The molecule has 0 bridgehead atoms. The third-order valence-electron chi connectivity index (χ3n) is 4.94. The van der Waals surface area contributed by atoms with Crippen LogP contribution in [-0.2, 0) is 16.0 Å². The largest absolute Gasteiger partial charge is 0.379 e. The minimum Gasteiger partial charge on any atom is -0.379 e. The zero-order valence-electron chi connectivity index (χ0n) is 16.9. The number of aromatic nitrogens is 1. The molecule has 3 rings (SSSR count). The predicted octanol–water partition coefficient (Wildman–Crippen LogP) is 2.41. The number of rotatable bonds is 8. The van der Waals surface area contributed by atoms with Crippen LogP contribution in [0.2, 0.25) is 0 Å². The molecule has 29 heavy (non-hydrogen) atoms. The van der Waals surface area contributed by atoms with E-state index in [4.69, 9.17) is 4.74 Å². The summed E-state index contributed by atoms with van der Waals surface area (Å²) in [6, 6.07) is 9.27. The van der Waals surface area contributed by atoms with E-state index in [1.54, 1.807) is 12.1 Å². The van der Waals surface area contributed by atoms with E-state index in [-0.39, 0.29) is 18.2 Å². The maximum absolute atomic E-state index is 12.4. The molecule has 0 spiro atoms. The molecule has 1 atom stereocenters. The summed E-state index contributed by atoms with van der Waals surface area (Å²) in [5.41, 5.74) is 1.23. The summed E-state index contributed by atoms with van der Waals surface area (Å²) in [5, 5.41) is 8.12. The van der Waals surface area contributed by atoms with Crippen molar-refractivity contribution in [1.82, 2.24) is 15.2 Å². The Balaban J connectivity index is 1.48. The van der Waals surface area contributed by atoms with Gasteiger partial charge in [-0.15, -0.1) is 11.3 Å². The number of amides is 2. The molecule has 1 saturated heterocycles. The van der Waals surface area contributed by atoms with E-state index in [1.807, 2.05) is 23.6 Å². The van der Waals surface area contributed by atoms with E-state index < -0.39 is 0 Å². The summed E-state index contributed by atoms with van der Waals surface area (Å²) < 4.78 is 5.43. The van der Waals surface area contributed by atoms with E-state index in [0.717, 1.165) is 26.3 Å². The van der Waals surface area contributed by atoms with Crippen molar-refractivity contribution in [3.63, 3.8) is 0 Å². The molecular formula is C21H28N4O3S. The highest BCUT2D eigenvalue weighted by Crippen LogP contribution is 2.17. The summed E-state index contributed by atoms with van der Waals surface area (Å²) in [5.74, 6) is 0.170. The second kappa shape index (κ2) is 10.5. The topological polar surface area (TPSA) is 83.6 Å². The molecule has 1 aliphatic heterocycles. The smallest absolute Gasteiger partial charge is 0.257 e. The van der Waals surface area contributed by atoms with Crippen molar-refractivity contribution in [2.24, 2.45) is 5.92 Å². The summed E-state index contributed by atoms with van der Waals surface area (Å²) in [6.07, 6.45) is 0.200. The van der Waals surface area contributed by atoms with Crippen molar-refractivity contribution in [2.45, 2.75) is 26.3 Å². The number of nitrogens with one attached hydrogen (secondary N) is 2. The highest BCUT2D eigenvalue weighted by molar-refractivity contribution is 7.14. The van der Waals surface area contributed by atoms with Crippen molar-refractivity contribution in [2.75, 3.05) is 38.2 Å². The van der Waals surface area contributed by atoms with Gasteiger partial charge in [-0.25, -0.2) is 4.98 Å². The van der Waals surface area contributed by atoms with Gasteiger partial charge < -0.3 is 10.1 Å². The molecule has 1 aromatic carbocycles. The van der Waals surface area contributed by atoms with Crippen LogP contribution >= 0.6 is 11.3 Å². The molecule has 0 saturated carbocycles. The molecule has 2 aromatic rings. The first-order chi connectivity index (χ1) is 14.0. The van der Waals surface area contributed by atoms with Crippen LogP contribution in [-0.4, -0.2) is 60.6 Å². The van der Waals surface area contributed by atoms with E-state index >= 15 is 0 Å². The van der Waals surface area contributed by atoms with Gasteiger partial charge in [-0.05, 0) is 18.1 Å². The van der Waals surface area contributed by atoms with Gasteiger partial charge in [-0.1, -0.05) is 32.0 Å². The second-order valence-electron chi connectivity index (χ2n) is 7.40. The number of ether oxygens (including phenoxy) is 1.